The van der Waals surface area contributed by atoms with Gasteiger partial charge < -0.3 is 15.8 Å². The van der Waals surface area contributed by atoms with Crippen LogP contribution < -0.4 is 15.8 Å². The Morgan fingerprint density at radius 1 is 1.25 bits per heavy atom. The van der Waals surface area contributed by atoms with Crippen LogP contribution in [-0.2, 0) is 0 Å². The van der Waals surface area contributed by atoms with Gasteiger partial charge in [0.25, 0.3) is 0 Å². The number of nitrogens with zero attached hydrogens (tertiary/aromatic N) is 1. The van der Waals surface area contributed by atoms with Crippen LogP contribution in [0.1, 0.15) is 23.5 Å². The van der Waals surface area contributed by atoms with Gasteiger partial charge in [0.1, 0.15) is 5.75 Å². The molecule has 0 unspecified atom stereocenters. The lowest BCUT2D eigenvalue weighted by molar-refractivity contribution is -0.0498. The van der Waals surface area contributed by atoms with Gasteiger partial charge in [-0.15, -0.1) is 0 Å². The first-order valence-corrected chi connectivity index (χ1v) is 7.73. The monoisotopic (exact) mass is 331 g/mol. The van der Waals surface area contributed by atoms with Crippen molar-refractivity contribution in [3.63, 3.8) is 0 Å². The zero-order valence-corrected chi connectivity index (χ0v) is 13.2. The molecule has 1 saturated carbocycles. The van der Waals surface area contributed by atoms with Crippen molar-refractivity contribution < 1.29 is 13.5 Å². The lowest BCUT2D eigenvalue weighted by atomic mass is 10.1. The molecule has 0 radical (unpaired) electrons. The number of hydrogen-bond acceptors (Lipinski definition) is 2. The fourth-order valence-corrected chi connectivity index (χ4v) is 2.66. The van der Waals surface area contributed by atoms with Crippen molar-refractivity contribution in [2.45, 2.75) is 31.9 Å². The van der Waals surface area contributed by atoms with Crippen LogP contribution >= 0.6 is 0 Å². The Labute approximate surface area is 139 Å². The molecule has 0 aliphatic heterocycles. The Morgan fingerprint density at radius 2 is 2.00 bits per heavy atom. The van der Waals surface area contributed by atoms with E-state index in [1.165, 1.54) is 0 Å². The molecule has 0 heterocycles. The molecule has 3 rings (SSSR count). The average molecular weight is 331 g/mol. The van der Waals surface area contributed by atoms with E-state index in [4.69, 9.17) is 5.73 Å². The van der Waals surface area contributed by atoms with Crippen LogP contribution in [0.25, 0.3) is 0 Å². The van der Waals surface area contributed by atoms with Crippen molar-refractivity contribution in [2.75, 3.05) is 5.32 Å². The summed E-state index contributed by atoms with van der Waals surface area (Å²) < 4.78 is 28.6. The molecular weight excluding hydrogens is 312 g/mol. The van der Waals surface area contributed by atoms with Gasteiger partial charge >= 0.3 is 6.61 Å². The SMILES string of the molecule is Cc1cccc(NC(N)=N[C@@H]2C[C@H]2c2ccc(OC(F)F)cc2)c1. The van der Waals surface area contributed by atoms with Crippen LogP contribution in [0.5, 0.6) is 5.75 Å². The molecule has 3 N–H and O–H groups in total. The predicted molar refractivity (Wildman–Crippen MR) is 90.6 cm³/mol. The number of hydrogen-bond donors (Lipinski definition) is 2. The Hall–Kier alpha value is -2.63. The van der Waals surface area contributed by atoms with Gasteiger partial charge in [0.05, 0.1) is 6.04 Å². The van der Waals surface area contributed by atoms with Gasteiger partial charge in [-0.2, -0.15) is 8.78 Å². The number of rotatable bonds is 5. The molecule has 0 spiro atoms. The number of ether oxygens (including phenoxy) is 1. The third-order valence-electron chi connectivity index (χ3n) is 3.89. The predicted octanol–water partition coefficient (Wildman–Crippen LogP) is 3.88. The van der Waals surface area contributed by atoms with Crippen LogP contribution in [0.15, 0.2) is 53.5 Å². The first-order valence-electron chi connectivity index (χ1n) is 7.73. The van der Waals surface area contributed by atoms with Crippen LogP contribution in [-0.4, -0.2) is 18.6 Å². The lowest BCUT2D eigenvalue weighted by Gasteiger charge is -2.07. The minimum atomic E-state index is -2.80. The second-order valence-electron chi connectivity index (χ2n) is 5.87. The van der Waals surface area contributed by atoms with Crippen LogP contribution in [0.4, 0.5) is 14.5 Å². The molecule has 24 heavy (non-hydrogen) atoms. The standard InChI is InChI=1S/C18H19F2N3O/c1-11-3-2-4-13(9-11)22-18(21)23-16-10-15(16)12-5-7-14(8-6-12)24-17(19)20/h2-9,15-17H,10H2,1H3,(H3,21,22,23)/t15-,16+/m0/s1. The van der Waals surface area contributed by atoms with Crippen molar-refractivity contribution in [1.29, 1.82) is 0 Å². The summed E-state index contributed by atoms with van der Waals surface area (Å²) in [6, 6.07) is 14.7. The molecule has 4 nitrogen and oxygen atoms in total. The number of anilines is 1. The van der Waals surface area contributed by atoms with E-state index in [0.29, 0.717) is 5.96 Å². The molecule has 2 aromatic rings. The summed E-state index contributed by atoms with van der Waals surface area (Å²) in [5, 5.41) is 3.08. The Kier molecular flexibility index (Phi) is 4.64. The van der Waals surface area contributed by atoms with Crippen molar-refractivity contribution in [3.8, 4) is 5.75 Å². The van der Waals surface area contributed by atoms with Crippen LogP contribution in [0.2, 0.25) is 0 Å². The van der Waals surface area contributed by atoms with Gasteiger partial charge in [0, 0.05) is 11.6 Å². The van der Waals surface area contributed by atoms with Crippen molar-refractivity contribution in [3.05, 3.63) is 59.7 Å². The summed E-state index contributed by atoms with van der Waals surface area (Å²) in [5.74, 6) is 0.810. The van der Waals surface area contributed by atoms with Gasteiger partial charge in [0.2, 0.25) is 0 Å². The van der Waals surface area contributed by atoms with E-state index in [9.17, 15) is 8.78 Å². The molecule has 0 aromatic heterocycles. The number of halogens is 2. The smallest absolute Gasteiger partial charge is 0.387 e. The average Bonchev–Trinajstić information content (AvgIpc) is 3.26. The number of benzene rings is 2. The first kappa shape index (κ1) is 16.2. The quantitative estimate of drug-likeness (QED) is 0.646. The highest BCUT2D eigenvalue weighted by Gasteiger charge is 2.38. The molecule has 126 valence electrons. The summed E-state index contributed by atoms with van der Waals surface area (Å²) in [5.41, 5.74) is 9.05. The highest BCUT2D eigenvalue weighted by atomic mass is 19.3. The Balaban J connectivity index is 1.58. The minimum Gasteiger partial charge on any atom is -0.435 e. The third-order valence-corrected chi connectivity index (χ3v) is 3.89. The maximum absolute atomic E-state index is 12.1. The number of nitrogens with two attached hydrogens (primary N) is 1. The molecule has 0 saturated heterocycles. The Morgan fingerprint density at radius 3 is 2.67 bits per heavy atom. The number of nitrogens with one attached hydrogen (secondary N) is 1. The molecule has 0 amide bonds. The molecule has 2 atom stereocenters. The maximum Gasteiger partial charge on any atom is 0.387 e. The molecule has 1 fully saturated rings. The number of aliphatic imine (C=N–C) groups is 1. The summed E-state index contributed by atoms with van der Waals surface area (Å²) in [6.07, 6.45) is 0.894. The number of guanidine groups is 1. The molecule has 2 aromatic carbocycles. The summed E-state index contributed by atoms with van der Waals surface area (Å²) in [4.78, 5) is 4.47. The first-order chi connectivity index (χ1) is 11.5. The zero-order chi connectivity index (χ0) is 17.1. The van der Waals surface area contributed by atoms with Crippen molar-refractivity contribution >= 4 is 11.6 Å². The fourth-order valence-electron chi connectivity index (χ4n) is 2.66. The van der Waals surface area contributed by atoms with E-state index in [1.54, 1.807) is 24.3 Å². The van der Waals surface area contributed by atoms with Crippen molar-refractivity contribution in [2.24, 2.45) is 10.7 Å². The van der Waals surface area contributed by atoms with Gasteiger partial charge in [-0.3, -0.25) is 0 Å². The third kappa shape index (κ3) is 4.22. The molecule has 1 aliphatic rings. The minimum absolute atomic E-state index is 0.115. The van der Waals surface area contributed by atoms with E-state index in [0.717, 1.165) is 23.2 Å². The second-order valence-corrected chi connectivity index (χ2v) is 5.87. The van der Waals surface area contributed by atoms with Crippen LogP contribution in [0, 0.1) is 6.92 Å². The zero-order valence-electron chi connectivity index (χ0n) is 13.2. The summed E-state index contributed by atoms with van der Waals surface area (Å²) in [6.45, 7) is -0.793. The van der Waals surface area contributed by atoms with E-state index >= 15 is 0 Å². The topological polar surface area (TPSA) is 59.6 Å². The van der Waals surface area contributed by atoms with Gasteiger partial charge in [0.15, 0.2) is 5.96 Å². The summed E-state index contributed by atoms with van der Waals surface area (Å²) >= 11 is 0. The summed E-state index contributed by atoms with van der Waals surface area (Å²) in [7, 11) is 0. The number of alkyl halides is 2. The van der Waals surface area contributed by atoms with Crippen LogP contribution in [0.3, 0.4) is 0 Å². The molecular formula is C18H19F2N3O. The normalized spacial score (nSPS) is 20.1. The second kappa shape index (κ2) is 6.86. The van der Waals surface area contributed by atoms with Gasteiger partial charge in [-0.25, -0.2) is 4.99 Å². The molecule has 0 bridgehead atoms. The van der Waals surface area contributed by atoms with E-state index in [-0.39, 0.29) is 17.7 Å². The van der Waals surface area contributed by atoms with E-state index < -0.39 is 6.61 Å². The van der Waals surface area contributed by atoms with E-state index in [1.807, 2.05) is 31.2 Å². The highest BCUT2D eigenvalue weighted by Crippen LogP contribution is 2.43. The fraction of sp³-hybridized carbons (Fsp3) is 0.278. The molecule has 1 aliphatic carbocycles. The van der Waals surface area contributed by atoms with Crippen molar-refractivity contribution in [1.82, 2.24) is 0 Å². The van der Waals surface area contributed by atoms with Gasteiger partial charge in [-0.1, -0.05) is 24.3 Å². The highest BCUT2D eigenvalue weighted by molar-refractivity contribution is 5.92. The maximum atomic E-state index is 12.1. The molecule has 6 heteroatoms. The lowest BCUT2D eigenvalue weighted by Crippen LogP contribution is -2.23. The van der Waals surface area contributed by atoms with Gasteiger partial charge in [-0.05, 0) is 48.7 Å². The Bertz CT molecular complexity index is 731. The number of aryl methyl sites for hydroxylation is 1. The van der Waals surface area contributed by atoms with E-state index in [2.05, 4.69) is 15.0 Å². The largest absolute Gasteiger partial charge is 0.435 e.